The van der Waals surface area contributed by atoms with Gasteiger partial charge in [0.1, 0.15) is 6.54 Å². The molecule has 1 aromatic rings. The fourth-order valence-corrected chi connectivity index (χ4v) is 6.08. The van der Waals surface area contributed by atoms with E-state index in [4.69, 9.17) is 0 Å². The van der Waals surface area contributed by atoms with Gasteiger partial charge in [-0.05, 0) is 37.7 Å². The molecule has 1 aromatic heterocycles. The van der Waals surface area contributed by atoms with Crippen molar-refractivity contribution < 1.29 is 4.57 Å². The number of nitrogens with zero attached hydrogens (tertiary/aromatic N) is 1. The summed E-state index contributed by atoms with van der Waals surface area (Å²) >= 11 is 0. The number of pyridine rings is 1. The normalized spacial score (nSPS) is 11.5. The zero-order valence-electron chi connectivity index (χ0n) is 27.4. The van der Waals surface area contributed by atoms with Crippen LogP contribution in [0.15, 0.2) is 18.5 Å². The van der Waals surface area contributed by atoms with E-state index in [9.17, 15) is 0 Å². The van der Waals surface area contributed by atoms with Gasteiger partial charge in [0.2, 0.25) is 0 Å². The van der Waals surface area contributed by atoms with Gasteiger partial charge in [-0.2, -0.15) is 0 Å². The van der Waals surface area contributed by atoms with Gasteiger partial charge in [0, 0.05) is 18.1 Å². The van der Waals surface area contributed by atoms with Crippen LogP contribution >= 0.6 is 0 Å². The quantitative estimate of drug-likeness (QED) is 0.0672. The van der Waals surface area contributed by atoms with Gasteiger partial charge in [-0.3, -0.25) is 0 Å². The summed E-state index contributed by atoms with van der Waals surface area (Å²) in [7, 11) is 0. The second-order valence-corrected chi connectivity index (χ2v) is 12.7. The summed E-state index contributed by atoms with van der Waals surface area (Å²) in [5, 5.41) is 0. The maximum atomic E-state index is 2.54. The Hall–Kier alpha value is -0.850. The zero-order chi connectivity index (χ0) is 28.1. The van der Waals surface area contributed by atoms with E-state index in [1.807, 2.05) is 0 Å². The Bertz CT molecular complexity index is 621. The summed E-state index contributed by atoms with van der Waals surface area (Å²) in [4.78, 5) is 0. The maximum absolute atomic E-state index is 2.54. The Morgan fingerprint density at radius 2 is 0.718 bits per heavy atom. The SMILES string of the molecule is CCCCCCCCCCCCc1cc[n+](CCCCCCCCC)cc1CCCCCCCCCCCC. The molecule has 1 heterocycles. The molecular weight excluding hydrogens is 470 g/mol. The Labute approximate surface area is 247 Å². The first-order valence-corrected chi connectivity index (χ1v) is 18.3. The van der Waals surface area contributed by atoms with Gasteiger partial charge < -0.3 is 0 Å². The first-order valence-electron chi connectivity index (χ1n) is 18.3. The number of rotatable bonds is 30. The van der Waals surface area contributed by atoms with Crippen LogP contribution < -0.4 is 4.57 Å². The van der Waals surface area contributed by atoms with Crippen molar-refractivity contribution in [3.05, 3.63) is 29.6 Å². The molecule has 0 aliphatic rings. The molecule has 0 aliphatic heterocycles. The van der Waals surface area contributed by atoms with Gasteiger partial charge in [-0.25, -0.2) is 4.57 Å². The lowest BCUT2D eigenvalue weighted by atomic mass is 9.97. The van der Waals surface area contributed by atoms with E-state index in [1.54, 1.807) is 11.1 Å². The van der Waals surface area contributed by atoms with E-state index in [2.05, 4.69) is 43.8 Å². The molecule has 1 rings (SSSR count). The molecule has 0 aliphatic carbocycles. The molecule has 228 valence electrons. The standard InChI is InChI=1S/C38H72N/c1-4-7-10-13-16-18-20-22-25-28-31-37-33-35-39(34-30-27-24-15-12-9-6-3)36-38(37)32-29-26-23-21-19-17-14-11-8-5-2/h33,35-36H,4-32,34H2,1-3H3/q+1. The molecule has 1 nitrogen and oxygen atoms in total. The molecule has 0 saturated carbocycles. The highest BCUT2D eigenvalue weighted by molar-refractivity contribution is 5.21. The number of hydrogen-bond acceptors (Lipinski definition) is 0. The van der Waals surface area contributed by atoms with Gasteiger partial charge in [-0.15, -0.1) is 0 Å². The lowest BCUT2D eigenvalue weighted by Gasteiger charge is -2.10. The number of unbranched alkanes of at least 4 members (excludes halogenated alkanes) is 24. The van der Waals surface area contributed by atoms with Gasteiger partial charge in [0.05, 0.1) is 0 Å². The summed E-state index contributed by atoms with van der Waals surface area (Å²) in [6.45, 7) is 8.14. The third-order valence-corrected chi connectivity index (χ3v) is 8.82. The van der Waals surface area contributed by atoms with Crippen LogP contribution in [0.4, 0.5) is 0 Å². The van der Waals surface area contributed by atoms with Gasteiger partial charge in [0.15, 0.2) is 12.4 Å². The largest absolute Gasteiger partial charge is 0.205 e. The molecule has 39 heavy (non-hydrogen) atoms. The average Bonchev–Trinajstić information content (AvgIpc) is 2.95. The van der Waals surface area contributed by atoms with E-state index in [0.717, 1.165) is 0 Å². The number of aromatic nitrogens is 1. The first-order chi connectivity index (χ1) is 19.3. The van der Waals surface area contributed by atoms with Crippen molar-refractivity contribution >= 4 is 0 Å². The summed E-state index contributed by atoms with van der Waals surface area (Å²) in [6, 6.07) is 2.49. The third-order valence-electron chi connectivity index (χ3n) is 8.82. The maximum Gasteiger partial charge on any atom is 0.172 e. The number of aryl methyl sites for hydroxylation is 3. The molecule has 0 fully saturated rings. The zero-order valence-corrected chi connectivity index (χ0v) is 27.4. The lowest BCUT2D eigenvalue weighted by molar-refractivity contribution is -0.697. The molecule has 0 amide bonds. The Kier molecular flexibility index (Phi) is 26.6. The number of hydrogen-bond donors (Lipinski definition) is 0. The van der Waals surface area contributed by atoms with Crippen LogP contribution in [0.25, 0.3) is 0 Å². The van der Waals surface area contributed by atoms with Crippen molar-refractivity contribution in [1.29, 1.82) is 0 Å². The van der Waals surface area contributed by atoms with Crippen molar-refractivity contribution in [2.75, 3.05) is 0 Å². The molecule has 0 N–H and O–H groups in total. The minimum atomic E-state index is 1.21. The van der Waals surface area contributed by atoms with Crippen LogP contribution in [-0.4, -0.2) is 0 Å². The van der Waals surface area contributed by atoms with E-state index in [1.165, 1.54) is 193 Å². The van der Waals surface area contributed by atoms with Crippen LogP contribution in [0.3, 0.4) is 0 Å². The summed E-state index contributed by atoms with van der Waals surface area (Å²) in [5.41, 5.74) is 3.32. The predicted molar refractivity (Wildman–Crippen MR) is 176 cm³/mol. The molecule has 0 bridgehead atoms. The fourth-order valence-electron chi connectivity index (χ4n) is 6.08. The smallest absolute Gasteiger partial charge is 0.172 e. The van der Waals surface area contributed by atoms with E-state index < -0.39 is 0 Å². The van der Waals surface area contributed by atoms with Crippen molar-refractivity contribution in [2.24, 2.45) is 0 Å². The summed E-state index contributed by atoms with van der Waals surface area (Å²) in [5.74, 6) is 0. The minimum Gasteiger partial charge on any atom is -0.205 e. The van der Waals surface area contributed by atoms with E-state index in [-0.39, 0.29) is 0 Å². The monoisotopic (exact) mass is 543 g/mol. The van der Waals surface area contributed by atoms with Crippen LogP contribution in [0, 0.1) is 0 Å². The van der Waals surface area contributed by atoms with Crippen molar-refractivity contribution in [3.63, 3.8) is 0 Å². The van der Waals surface area contributed by atoms with Crippen LogP contribution in [0.1, 0.15) is 205 Å². The molecule has 0 atom stereocenters. The second kappa shape index (κ2) is 28.7. The molecule has 0 radical (unpaired) electrons. The van der Waals surface area contributed by atoms with Crippen LogP contribution in [0.5, 0.6) is 0 Å². The molecule has 0 unspecified atom stereocenters. The molecular formula is C38H72N+. The Morgan fingerprint density at radius 3 is 1.13 bits per heavy atom. The van der Waals surface area contributed by atoms with Crippen LogP contribution in [-0.2, 0) is 19.4 Å². The van der Waals surface area contributed by atoms with Crippen molar-refractivity contribution in [2.45, 2.75) is 214 Å². The summed E-state index contributed by atoms with van der Waals surface area (Å²) < 4.78 is 2.51. The minimum absolute atomic E-state index is 1.21. The third kappa shape index (κ3) is 22.5. The summed E-state index contributed by atoms with van der Waals surface area (Å²) in [6.07, 6.45) is 45.9. The van der Waals surface area contributed by atoms with Gasteiger partial charge in [0.25, 0.3) is 0 Å². The van der Waals surface area contributed by atoms with Crippen LogP contribution in [0.2, 0.25) is 0 Å². The predicted octanol–water partition coefficient (Wildman–Crippen LogP) is 12.7. The molecule has 1 heteroatoms. The highest BCUT2D eigenvalue weighted by Crippen LogP contribution is 2.18. The Morgan fingerprint density at radius 1 is 0.385 bits per heavy atom. The van der Waals surface area contributed by atoms with E-state index in [0.29, 0.717) is 0 Å². The van der Waals surface area contributed by atoms with Crippen molar-refractivity contribution in [1.82, 2.24) is 0 Å². The fraction of sp³-hybridized carbons (Fsp3) is 0.868. The van der Waals surface area contributed by atoms with Crippen molar-refractivity contribution in [3.8, 4) is 0 Å². The van der Waals surface area contributed by atoms with E-state index >= 15 is 0 Å². The molecule has 0 spiro atoms. The lowest BCUT2D eigenvalue weighted by Crippen LogP contribution is -2.34. The van der Waals surface area contributed by atoms with Gasteiger partial charge >= 0.3 is 0 Å². The first kappa shape index (κ1) is 36.2. The molecule has 0 aromatic carbocycles. The Balaban J connectivity index is 2.37. The highest BCUT2D eigenvalue weighted by Gasteiger charge is 2.10. The second-order valence-electron chi connectivity index (χ2n) is 12.7. The topological polar surface area (TPSA) is 3.88 Å². The molecule has 0 saturated heterocycles. The van der Waals surface area contributed by atoms with Gasteiger partial charge in [-0.1, -0.05) is 168 Å². The highest BCUT2D eigenvalue weighted by atomic mass is 14.9. The average molecular weight is 543 g/mol.